The zero-order valence-electron chi connectivity index (χ0n) is 11.5. The topological polar surface area (TPSA) is 55.1 Å². The molecule has 4 heteroatoms. The highest BCUT2D eigenvalue weighted by Crippen LogP contribution is 2.12. The summed E-state index contributed by atoms with van der Waals surface area (Å²) >= 11 is 0. The predicted molar refractivity (Wildman–Crippen MR) is 74.1 cm³/mol. The summed E-state index contributed by atoms with van der Waals surface area (Å²) in [6, 6.07) is 4.24. The molecule has 0 spiro atoms. The molecule has 3 N–H and O–H groups in total. The Kier molecular flexibility index (Phi) is 5.08. The fourth-order valence-electron chi connectivity index (χ4n) is 1.35. The number of hydrogen-bond acceptors (Lipinski definition) is 2. The van der Waals surface area contributed by atoms with Gasteiger partial charge in [-0.05, 0) is 23.6 Å². The van der Waals surface area contributed by atoms with Crippen LogP contribution in [0.5, 0.6) is 0 Å². The Morgan fingerprint density at radius 3 is 2.63 bits per heavy atom. The molecule has 19 heavy (non-hydrogen) atoms. The van der Waals surface area contributed by atoms with Crippen LogP contribution in [-0.2, 0) is 0 Å². The van der Waals surface area contributed by atoms with Gasteiger partial charge in [-0.2, -0.15) is 0 Å². The first kappa shape index (κ1) is 15.2. The summed E-state index contributed by atoms with van der Waals surface area (Å²) in [7, 11) is 0. The molecule has 0 atom stereocenters. The van der Waals surface area contributed by atoms with E-state index in [1.54, 1.807) is 6.07 Å². The van der Waals surface area contributed by atoms with Crippen LogP contribution < -0.4 is 11.1 Å². The van der Waals surface area contributed by atoms with E-state index >= 15 is 0 Å². The number of amides is 1. The third-order valence-electron chi connectivity index (χ3n) is 2.34. The number of nitrogens with two attached hydrogens (primary N) is 1. The van der Waals surface area contributed by atoms with Crippen molar-refractivity contribution in [3.63, 3.8) is 0 Å². The molecule has 0 bridgehead atoms. The maximum atomic E-state index is 13.7. The van der Waals surface area contributed by atoms with Crippen LogP contribution in [0.15, 0.2) is 18.2 Å². The summed E-state index contributed by atoms with van der Waals surface area (Å²) < 4.78 is 13.7. The first-order valence-corrected chi connectivity index (χ1v) is 6.10. The summed E-state index contributed by atoms with van der Waals surface area (Å²) in [4.78, 5) is 11.8. The van der Waals surface area contributed by atoms with Crippen LogP contribution in [0.2, 0.25) is 0 Å². The first-order valence-electron chi connectivity index (χ1n) is 6.10. The number of halogens is 1. The van der Waals surface area contributed by atoms with Crippen molar-refractivity contribution in [2.24, 2.45) is 11.1 Å². The number of rotatable bonds is 2. The summed E-state index contributed by atoms with van der Waals surface area (Å²) in [6.45, 7) is 6.74. The van der Waals surface area contributed by atoms with Crippen molar-refractivity contribution in [1.82, 2.24) is 5.32 Å². The average molecular weight is 262 g/mol. The van der Waals surface area contributed by atoms with Gasteiger partial charge in [-0.25, -0.2) is 4.39 Å². The van der Waals surface area contributed by atoms with E-state index in [0.29, 0.717) is 12.1 Å². The van der Waals surface area contributed by atoms with E-state index in [4.69, 9.17) is 5.73 Å². The lowest BCUT2D eigenvalue weighted by Crippen LogP contribution is -2.32. The zero-order valence-corrected chi connectivity index (χ0v) is 11.5. The van der Waals surface area contributed by atoms with Crippen LogP contribution in [0.1, 0.15) is 36.7 Å². The second-order valence-electron chi connectivity index (χ2n) is 5.44. The highest BCUT2D eigenvalue weighted by Gasteiger charge is 2.14. The minimum atomic E-state index is -0.510. The van der Waals surface area contributed by atoms with Crippen LogP contribution >= 0.6 is 0 Å². The minimum Gasteiger partial charge on any atom is -0.352 e. The Labute approximate surface area is 113 Å². The minimum absolute atomic E-state index is 0.0131. The summed E-state index contributed by atoms with van der Waals surface area (Å²) in [6.07, 6.45) is 0. The first-order chi connectivity index (χ1) is 8.83. The van der Waals surface area contributed by atoms with Gasteiger partial charge in [-0.1, -0.05) is 32.6 Å². The average Bonchev–Trinajstić information content (AvgIpc) is 2.33. The van der Waals surface area contributed by atoms with Gasteiger partial charge in [0.1, 0.15) is 5.82 Å². The van der Waals surface area contributed by atoms with Crippen molar-refractivity contribution in [1.29, 1.82) is 0 Å². The molecule has 0 saturated carbocycles. The number of benzene rings is 1. The lowest BCUT2D eigenvalue weighted by Gasteiger charge is -2.18. The van der Waals surface area contributed by atoms with Crippen LogP contribution in [0.3, 0.4) is 0 Å². The van der Waals surface area contributed by atoms with E-state index < -0.39 is 5.82 Å². The summed E-state index contributed by atoms with van der Waals surface area (Å²) in [5.74, 6) is 4.39. The van der Waals surface area contributed by atoms with Gasteiger partial charge in [-0.3, -0.25) is 4.79 Å². The van der Waals surface area contributed by atoms with Gasteiger partial charge >= 0.3 is 0 Å². The molecule has 0 heterocycles. The molecule has 1 aromatic carbocycles. The number of hydrogen-bond donors (Lipinski definition) is 2. The maximum Gasteiger partial charge on any atom is 0.251 e. The van der Waals surface area contributed by atoms with Crippen LogP contribution in [-0.4, -0.2) is 19.0 Å². The second-order valence-corrected chi connectivity index (χ2v) is 5.44. The van der Waals surface area contributed by atoms with Gasteiger partial charge < -0.3 is 11.1 Å². The highest BCUT2D eigenvalue weighted by molar-refractivity contribution is 5.94. The number of carbonyl (C=O) groups excluding carboxylic acids is 1. The van der Waals surface area contributed by atoms with E-state index in [1.165, 1.54) is 12.1 Å². The molecule has 0 fully saturated rings. The van der Waals surface area contributed by atoms with E-state index in [0.717, 1.165) is 0 Å². The van der Waals surface area contributed by atoms with Gasteiger partial charge in [0.15, 0.2) is 0 Å². The Hall–Kier alpha value is -1.86. The van der Waals surface area contributed by atoms with Gasteiger partial charge in [-0.15, -0.1) is 0 Å². The summed E-state index contributed by atoms with van der Waals surface area (Å²) in [5.41, 5.74) is 5.75. The summed E-state index contributed by atoms with van der Waals surface area (Å²) in [5, 5.41) is 2.77. The molecule has 0 aliphatic carbocycles. The molecule has 0 aromatic heterocycles. The predicted octanol–water partition coefficient (Wildman–Crippen LogP) is 1.91. The molecular formula is C15H19FN2O. The Balaban J connectivity index is 2.80. The van der Waals surface area contributed by atoms with Gasteiger partial charge in [0.05, 0.1) is 12.1 Å². The van der Waals surface area contributed by atoms with Crippen LogP contribution in [0.25, 0.3) is 0 Å². The molecule has 0 aliphatic heterocycles. The van der Waals surface area contributed by atoms with Crippen molar-refractivity contribution >= 4 is 5.91 Å². The fraction of sp³-hybridized carbons (Fsp3) is 0.400. The Morgan fingerprint density at radius 2 is 2.11 bits per heavy atom. The third-order valence-corrected chi connectivity index (χ3v) is 2.34. The Morgan fingerprint density at radius 1 is 1.42 bits per heavy atom. The van der Waals surface area contributed by atoms with Gasteiger partial charge in [0.2, 0.25) is 0 Å². The van der Waals surface area contributed by atoms with Crippen molar-refractivity contribution in [2.75, 3.05) is 13.1 Å². The van der Waals surface area contributed by atoms with Gasteiger partial charge in [0, 0.05) is 12.1 Å². The number of carbonyl (C=O) groups is 1. The maximum absolute atomic E-state index is 13.7. The van der Waals surface area contributed by atoms with Crippen molar-refractivity contribution < 1.29 is 9.18 Å². The van der Waals surface area contributed by atoms with Gasteiger partial charge in [0.25, 0.3) is 5.91 Å². The molecular weight excluding hydrogens is 243 g/mol. The standard InChI is InChI=1S/C15H19FN2O/c1-15(2,3)10-18-14(19)12-7-6-11(5-4-8-17)13(16)9-12/h6-7,9H,8,10,17H2,1-3H3,(H,18,19). The largest absolute Gasteiger partial charge is 0.352 e. The van der Waals surface area contributed by atoms with E-state index in [1.807, 2.05) is 20.8 Å². The molecule has 1 aromatic rings. The Bertz CT molecular complexity index is 521. The molecule has 1 amide bonds. The lowest BCUT2D eigenvalue weighted by atomic mass is 9.97. The third kappa shape index (κ3) is 5.11. The monoisotopic (exact) mass is 262 g/mol. The molecule has 0 saturated heterocycles. The molecule has 0 aliphatic rings. The zero-order chi connectivity index (χ0) is 14.5. The van der Waals surface area contributed by atoms with Crippen molar-refractivity contribution in [2.45, 2.75) is 20.8 Å². The van der Waals surface area contributed by atoms with E-state index in [-0.39, 0.29) is 23.4 Å². The quantitative estimate of drug-likeness (QED) is 0.800. The molecule has 1 rings (SSSR count). The normalized spacial score (nSPS) is 10.6. The molecule has 0 radical (unpaired) electrons. The second kappa shape index (κ2) is 6.35. The SMILES string of the molecule is CC(C)(C)CNC(=O)c1ccc(C#CCN)c(F)c1. The van der Waals surface area contributed by atoms with Crippen LogP contribution in [0.4, 0.5) is 4.39 Å². The molecule has 102 valence electrons. The van der Waals surface area contributed by atoms with Crippen molar-refractivity contribution in [3.8, 4) is 11.8 Å². The molecule has 3 nitrogen and oxygen atoms in total. The molecule has 0 unspecified atom stereocenters. The fourth-order valence-corrected chi connectivity index (χ4v) is 1.35. The van der Waals surface area contributed by atoms with E-state index in [2.05, 4.69) is 17.2 Å². The smallest absolute Gasteiger partial charge is 0.251 e. The highest BCUT2D eigenvalue weighted by atomic mass is 19.1. The van der Waals surface area contributed by atoms with E-state index in [9.17, 15) is 9.18 Å². The van der Waals surface area contributed by atoms with Crippen molar-refractivity contribution in [3.05, 3.63) is 35.1 Å². The lowest BCUT2D eigenvalue weighted by molar-refractivity contribution is 0.0939. The number of nitrogens with one attached hydrogen (secondary N) is 1. The van der Waals surface area contributed by atoms with Crippen LogP contribution in [0, 0.1) is 23.1 Å².